The van der Waals surface area contributed by atoms with Crippen LogP contribution in [0.4, 0.5) is 5.69 Å². The van der Waals surface area contributed by atoms with Crippen LogP contribution in [0.25, 0.3) is 5.69 Å². The van der Waals surface area contributed by atoms with Crippen LogP contribution in [0.15, 0.2) is 24.5 Å². The molecule has 0 aliphatic rings. The normalized spacial score (nSPS) is 12.1. The molecule has 2 rings (SSSR count). The Balaban J connectivity index is 2.05. The van der Waals surface area contributed by atoms with Crippen LogP contribution in [0.3, 0.4) is 0 Å². The smallest absolute Gasteiger partial charge is 0.238 e. The molecule has 0 aliphatic heterocycles. The van der Waals surface area contributed by atoms with Gasteiger partial charge in [-0.3, -0.25) is 4.79 Å². The number of tetrazole rings is 1. The lowest BCUT2D eigenvalue weighted by molar-refractivity contribution is -0.115. The second-order valence-electron chi connectivity index (χ2n) is 4.66. The SMILES string of the molecule is CCC(C)NCC(=O)Nc1cc(-n2cnnn2)ccc1Cl. The molecule has 0 saturated carbocycles. The van der Waals surface area contributed by atoms with Gasteiger partial charge < -0.3 is 10.6 Å². The van der Waals surface area contributed by atoms with E-state index in [1.54, 1.807) is 18.2 Å². The Morgan fingerprint density at radius 1 is 1.48 bits per heavy atom. The van der Waals surface area contributed by atoms with Gasteiger partial charge in [0.1, 0.15) is 6.33 Å². The zero-order valence-corrected chi connectivity index (χ0v) is 12.6. The molecule has 2 N–H and O–H groups in total. The van der Waals surface area contributed by atoms with E-state index in [9.17, 15) is 4.79 Å². The number of nitrogens with zero attached hydrogens (tertiary/aromatic N) is 4. The highest BCUT2D eigenvalue weighted by Gasteiger charge is 2.09. The van der Waals surface area contributed by atoms with E-state index < -0.39 is 0 Å². The molecule has 21 heavy (non-hydrogen) atoms. The number of benzene rings is 1. The van der Waals surface area contributed by atoms with Crippen molar-refractivity contribution in [3.63, 3.8) is 0 Å². The van der Waals surface area contributed by atoms with Crippen LogP contribution in [-0.4, -0.2) is 38.7 Å². The third-order valence-electron chi connectivity index (χ3n) is 3.06. The summed E-state index contributed by atoms with van der Waals surface area (Å²) in [4.78, 5) is 11.9. The van der Waals surface area contributed by atoms with Crippen molar-refractivity contribution in [1.82, 2.24) is 25.5 Å². The number of rotatable bonds is 6. The third kappa shape index (κ3) is 4.24. The topological polar surface area (TPSA) is 84.7 Å². The molecule has 1 heterocycles. The molecule has 2 aromatic rings. The quantitative estimate of drug-likeness (QED) is 0.847. The Bertz CT molecular complexity index is 601. The van der Waals surface area contributed by atoms with E-state index in [2.05, 4.69) is 33.1 Å². The predicted molar refractivity (Wildman–Crippen MR) is 80.5 cm³/mol. The zero-order chi connectivity index (χ0) is 15.2. The van der Waals surface area contributed by atoms with Gasteiger partial charge in [0.05, 0.1) is 22.9 Å². The van der Waals surface area contributed by atoms with Crippen LogP contribution in [0, 0.1) is 0 Å². The van der Waals surface area contributed by atoms with E-state index in [0.717, 1.165) is 12.1 Å². The van der Waals surface area contributed by atoms with E-state index in [-0.39, 0.29) is 12.5 Å². The number of nitrogens with one attached hydrogen (secondary N) is 2. The highest BCUT2D eigenvalue weighted by atomic mass is 35.5. The number of carbonyl (C=O) groups excluding carboxylic acids is 1. The first-order chi connectivity index (χ1) is 10.1. The van der Waals surface area contributed by atoms with Crippen LogP contribution < -0.4 is 10.6 Å². The number of aromatic nitrogens is 4. The second-order valence-corrected chi connectivity index (χ2v) is 5.06. The number of amides is 1. The highest BCUT2D eigenvalue weighted by molar-refractivity contribution is 6.33. The Labute approximate surface area is 127 Å². The molecule has 1 aromatic heterocycles. The van der Waals surface area contributed by atoms with E-state index in [1.807, 2.05) is 6.92 Å². The fourth-order valence-corrected chi connectivity index (χ4v) is 1.80. The Kier molecular flexibility index (Phi) is 5.24. The summed E-state index contributed by atoms with van der Waals surface area (Å²) < 4.78 is 1.49. The van der Waals surface area contributed by atoms with Crippen molar-refractivity contribution in [2.75, 3.05) is 11.9 Å². The number of hydrogen-bond donors (Lipinski definition) is 2. The molecule has 0 radical (unpaired) electrons. The number of halogens is 1. The molecule has 0 saturated heterocycles. The molecule has 0 fully saturated rings. The molecular formula is C13H17ClN6O. The van der Waals surface area contributed by atoms with Gasteiger partial charge >= 0.3 is 0 Å². The van der Waals surface area contributed by atoms with E-state index >= 15 is 0 Å². The molecule has 1 atom stereocenters. The van der Waals surface area contributed by atoms with Crippen molar-refractivity contribution < 1.29 is 4.79 Å². The number of hydrogen-bond acceptors (Lipinski definition) is 5. The van der Waals surface area contributed by atoms with Gasteiger partial charge in [0.15, 0.2) is 0 Å². The van der Waals surface area contributed by atoms with Gasteiger partial charge in [0.25, 0.3) is 0 Å². The summed E-state index contributed by atoms with van der Waals surface area (Å²) in [6.07, 6.45) is 2.43. The first-order valence-corrected chi connectivity index (χ1v) is 7.04. The summed E-state index contributed by atoms with van der Waals surface area (Å²) in [5, 5.41) is 17.3. The van der Waals surface area contributed by atoms with Crippen LogP contribution in [0.2, 0.25) is 5.02 Å². The molecule has 8 heteroatoms. The average Bonchev–Trinajstić information content (AvgIpc) is 3.01. The molecule has 0 spiro atoms. The lowest BCUT2D eigenvalue weighted by atomic mass is 10.2. The summed E-state index contributed by atoms with van der Waals surface area (Å²) in [6, 6.07) is 5.47. The van der Waals surface area contributed by atoms with E-state index in [1.165, 1.54) is 11.0 Å². The first-order valence-electron chi connectivity index (χ1n) is 6.66. The van der Waals surface area contributed by atoms with Crippen molar-refractivity contribution in [1.29, 1.82) is 0 Å². The average molecular weight is 309 g/mol. The second kappa shape index (κ2) is 7.14. The van der Waals surface area contributed by atoms with Crippen molar-refractivity contribution in [3.8, 4) is 5.69 Å². The standard InChI is InChI=1S/C13H17ClN6O/c1-3-9(2)15-7-13(21)17-12-6-10(4-5-11(12)14)20-8-16-18-19-20/h4-6,8-9,15H,3,7H2,1-2H3,(H,17,21). The molecule has 0 aliphatic carbocycles. The van der Waals surface area contributed by atoms with Crippen LogP contribution in [0.1, 0.15) is 20.3 Å². The molecule has 0 bridgehead atoms. The lowest BCUT2D eigenvalue weighted by Gasteiger charge is -2.12. The van der Waals surface area contributed by atoms with Crippen molar-refractivity contribution in [2.45, 2.75) is 26.3 Å². The molecule has 1 unspecified atom stereocenters. The zero-order valence-electron chi connectivity index (χ0n) is 11.9. The molecular weight excluding hydrogens is 292 g/mol. The Morgan fingerprint density at radius 2 is 2.29 bits per heavy atom. The molecule has 7 nitrogen and oxygen atoms in total. The van der Waals surface area contributed by atoms with Crippen molar-refractivity contribution >= 4 is 23.2 Å². The monoisotopic (exact) mass is 308 g/mol. The molecule has 1 amide bonds. The summed E-state index contributed by atoms with van der Waals surface area (Å²) >= 11 is 6.10. The predicted octanol–water partition coefficient (Wildman–Crippen LogP) is 1.64. The minimum absolute atomic E-state index is 0.147. The Hall–Kier alpha value is -1.99. The third-order valence-corrected chi connectivity index (χ3v) is 3.39. The first kappa shape index (κ1) is 15.4. The van der Waals surface area contributed by atoms with Crippen molar-refractivity contribution in [3.05, 3.63) is 29.5 Å². The van der Waals surface area contributed by atoms with Crippen molar-refractivity contribution in [2.24, 2.45) is 0 Å². The largest absolute Gasteiger partial charge is 0.324 e. The van der Waals surface area contributed by atoms with Gasteiger partial charge in [-0.25, -0.2) is 4.68 Å². The molecule has 112 valence electrons. The number of carbonyl (C=O) groups is 1. The van der Waals surface area contributed by atoms with Crippen LogP contribution in [0.5, 0.6) is 0 Å². The van der Waals surface area contributed by atoms with Gasteiger partial charge in [-0.15, -0.1) is 5.10 Å². The van der Waals surface area contributed by atoms with Gasteiger partial charge in [-0.05, 0) is 42.0 Å². The molecule has 1 aromatic carbocycles. The highest BCUT2D eigenvalue weighted by Crippen LogP contribution is 2.24. The van der Waals surface area contributed by atoms with Gasteiger partial charge in [-0.2, -0.15) is 0 Å². The summed E-state index contributed by atoms with van der Waals surface area (Å²) in [5.41, 5.74) is 1.25. The Morgan fingerprint density at radius 3 is 2.95 bits per heavy atom. The van der Waals surface area contributed by atoms with Crippen LogP contribution in [-0.2, 0) is 4.79 Å². The maximum absolute atomic E-state index is 11.9. The summed E-state index contributed by atoms with van der Waals surface area (Å²) in [5.74, 6) is -0.147. The summed E-state index contributed by atoms with van der Waals surface area (Å²) in [7, 11) is 0. The fourth-order valence-electron chi connectivity index (χ4n) is 1.64. The maximum atomic E-state index is 11.9. The van der Waals surface area contributed by atoms with Gasteiger partial charge in [-0.1, -0.05) is 18.5 Å². The minimum atomic E-state index is -0.147. The van der Waals surface area contributed by atoms with E-state index in [4.69, 9.17) is 11.6 Å². The van der Waals surface area contributed by atoms with E-state index in [0.29, 0.717) is 16.8 Å². The minimum Gasteiger partial charge on any atom is -0.324 e. The van der Waals surface area contributed by atoms with Gasteiger partial charge in [0.2, 0.25) is 5.91 Å². The lowest BCUT2D eigenvalue weighted by Crippen LogP contribution is -2.34. The van der Waals surface area contributed by atoms with Gasteiger partial charge in [0, 0.05) is 6.04 Å². The fraction of sp³-hybridized carbons (Fsp3) is 0.385. The summed E-state index contributed by atoms with van der Waals surface area (Å²) in [6.45, 7) is 4.32. The maximum Gasteiger partial charge on any atom is 0.238 e. The van der Waals surface area contributed by atoms with Crippen LogP contribution >= 0.6 is 11.6 Å². The number of anilines is 1.